The van der Waals surface area contributed by atoms with Crippen molar-refractivity contribution in [3.05, 3.63) is 6.92 Å². The van der Waals surface area contributed by atoms with Crippen LogP contribution >= 0.6 is 0 Å². The molecule has 0 fully saturated rings. The molecule has 0 aliphatic heterocycles. The average Bonchev–Trinajstić information content (AvgIpc) is 1.92. The molecule has 0 rings (SSSR count). The van der Waals surface area contributed by atoms with Gasteiger partial charge in [-0.1, -0.05) is 19.8 Å². The molecule has 0 spiro atoms. The Kier molecular flexibility index (Phi) is 26.0. The predicted molar refractivity (Wildman–Crippen MR) is 42.8 cm³/mol. The van der Waals surface area contributed by atoms with E-state index in [1.54, 1.807) is 6.92 Å². The first-order valence-electron chi connectivity index (χ1n) is 3.70. The summed E-state index contributed by atoms with van der Waals surface area (Å²) in [4.78, 5) is 9.87. The van der Waals surface area contributed by atoms with Crippen molar-refractivity contribution in [2.75, 3.05) is 0 Å². The summed E-state index contributed by atoms with van der Waals surface area (Å²) in [7, 11) is 0. The molecule has 3 heteroatoms. The minimum Gasteiger partial charge on any atom is -0.481 e. The van der Waals surface area contributed by atoms with Crippen molar-refractivity contribution in [1.82, 2.24) is 0 Å². The van der Waals surface area contributed by atoms with Gasteiger partial charge in [-0.2, -0.15) is 6.92 Å². The summed E-state index contributed by atoms with van der Waals surface area (Å²) in [5.41, 5.74) is 0. The molecule has 0 aliphatic rings. The van der Waals surface area contributed by atoms with Crippen molar-refractivity contribution >= 4 is 5.97 Å². The predicted octanol–water partition coefficient (Wildman–Crippen LogP) is 2.49. The third kappa shape index (κ3) is 25.5. The van der Waals surface area contributed by atoms with Crippen LogP contribution in [-0.2, 0) is 24.3 Å². The topological polar surface area (TPSA) is 37.3 Å². The second-order valence-electron chi connectivity index (χ2n) is 1.85. The van der Waals surface area contributed by atoms with E-state index < -0.39 is 5.97 Å². The van der Waals surface area contributed by atoms with Crippen molar-refractivity contribution in [3.8, 4) is 0 Å². The van der Waals surface area contributed by atoms with E-state index >= 15 is 0 Å². The molecule has 0 aromatic heterocycles. The average molecular weight is 211 g/mol. The number of carbonyl (C=O) groups is 1. The van der Waals surface area contributed by atoms with Gasteiger partial charge in [0.05, 0.1) is 0 Å². The van der Waals surface area contributed by atoms with Gasteiger partial charge in [0.2, 0.25) is 0 Å². The van der Waals surface area contributed by atoms with Gasteiger partial charge in [-0.15, -0.1) is 0 Å². The van der Waals surface area contributed by atoms with Gasteiger partial charge >= 0.3 is 5.97 Å². The molecule has 0 heterocycles. The standard InChI is InChI=1S/C6H12O2.C2H5.Zn/c1-2-3-4-5-6(7)8;1-2;/h2-5H2,1H3,(H,7,8);1H2,2H3;/q;-1;. The Morgan fingerprint density at radius 3 is 2.09 bits per heavy atom. The van der Waals surface area contributed by atoms with Crippen LogP contribution in [0, 0.1) is 6.92 Å². The largest absolute Gasteiger partial charge is 0.481 e. The van der Waals surface area contributed by atoms with Crippen molar-refractivity contribution in [2.24, 2.45) is 0 Å². The van der Waals surface area contributed by atoms with E-state index in [0.717, 1.165) is 19.3 Å². The molecule has 0 unspecified atom stereocenters. The number of rotatable bonds is 4. The first-order chi connectivity index (χ1) is 4.77. The molecule has 0 bridgehead atoms. The maximum absolute atomic E-state index is 9.87. The molecule has 2 nitrogen and oxygen atoms in total. The van der Waals surface area contributed by atoms with Crippen LogP contribution in [0.4, 0.5) is 0 Å². The second kappa shape index (κ2) is 16.6. The number of carboxylic acid groups (broad SMARTS) is 1. The summed E-state index contributed by atoms with van der Waals surface area (Å²) in [5, 5.41) is 8.14. The van der Waals surface area contributed by atoms with E-state index in [2.05, 4.69) is 13.8 Å². The van der Waals surface area contributed by atoms with E-state index in [0.29, 0.717) is 6.42 Å². The fourth-order valence-electron chi connectivity index (χ4n) is 0.526. The van der Waals surface area contributed by atoms with E-state index in [9.17, 15) is 4.79 Å². The van der Waals surface area contributed by atoms with Crippen LogP contribution in [0.1, 0.15) is 39.5 Å². The number of hydrogen-bond acceptors (Lipinski definition) is 1. The second-order valence-corrected chi connectivity index (χ2v) is 1.85. The van der Waals surface area contributed by atoms with Gasteiger partial charge in [-0.25, -0.2) is 0 Å². The molecule has 64 valence electrons. The number of carboxylic acids is 1. The molecular weight excluding hydrogens is 193 g/mol. The SMILES string of the molecule is CCCCCC(=O)O.[CH2-]C.[Zn]. The van der Waals surface area contributed by atoms with Gasteiger partial charge < -0.3 is 12.0 Å². The van der Waals surface area contributed by atoms with Crippen LogP contribution in [0.3, 0.4) is 0 Å². The Morgan fingerprint density at radius 2 is 1.82 bits per heavy atom. The Labute approximate surface area is 82.1 Å². The molecule has 0 saturated carbocycles. The maximum atomic E-state index is 9.87. The quantitative estimate of drug-likeness (QED) is 0.440. The summed E-state index contributed by atoms with van der Waals surface area (Å²) < 4.78 is 0. The molecule has 0 radical (unpaired) electrons. The number of unbranched alkanes of at least 4 members (excludes halogenated alkanes) is 2. The molecule has 0 saturated heterocycles. The molecular formula is C8H17O2Zn-. The van der Waals surface area contributed by atoms with Gasteiger partial charge in [0.1, 0.15) is 0 Å². The van der Waals surface area contributed by atoms with E-state index in [1.807, 2.05) is 0 Å². The van der Waals surface area contributed by atoms with Crippen LogP contribution in [-0.4, -0.2) is 11.1 Å². The fraction of sp³-hybridized carbons (Fsp3) is 0.750. The molecule has 0 aromatic rings. The summed E-state index contributed by atoms with van der Waals surface area (Å²) >= 11 is 0. The van der Waals surface area contributed by atoms with Crippen molar-refractivity contribution in [2.45, 2.75) is 39.5 Å². The molecule has 0 aliphatic carbocycles. The van der Waals surface area contributed by atoms with Gasteiger partial charge in [0, 0.05) is 25.9 Å². The van der Waals surface area contributed by atoms with Crippen molar-refractivity contribution in [1.29, 1.82) is 0 Å². The molecule has 0 amide bonds. The molecule has 0 aromatic carbocycles. The third-order valence-electron chi connectivity index (χ3n) is 0.994. The first-order valence-corrected chi connectivity index (χ1v) is 3.70. The number of aliphatic carboxylic acids is 1. The van der Waals surface area contributed by atoms with E-state index in [1.165, 1.54) is 0 Å². The minimum absolute atomic E-state index is 0. The third-order valence-corrected chi connectivity index (χ3v) is 0.994. The Hall–Kier alpha value is 0.0934. The summed E-state index contributed by atoms with van der Waals surface area (Å²) in [5.74, 6) is -0.682. The van der Waals surface area contributed by atoms with Crippen LogP contribution in [0.5, 0.6) is 0 Å². The smallest absolute Gasteiger partial charge is 0.303 e. The monoisotopic (exact) mass is 209 g/mol. The van der Waals surface area contributed by atoms with Gasteiger partial charge in [0.25, 0.3) is 0 Å². The Bertz CT molecular complexity index is 74.5. The first kappa shape index (κ1) is 17.3. The number of hydrogen-bond donors (Lipinski definition) is 1. The van der Waals surface area contributed by atoms with Crippen molar-refractivity contribution in [3.63, 3.8) is 0 Å². The zero-order valence-corrected chi connectivity index (χ0v) is 10.6. The zero-order valence-electron chi connectivity index (χ0n) is 7.60. The molecule has 1 N–H and O–H groups in total. The minimum atomic E-state index is -0.682. The maximum Gasteiger partial charge on any atom is 0.303 e. The molecule has 11 heavy (non-hydrogen) atoms. The van der Waals surface area contributed by atoms with Crippen LogP contribution in [0.25, 0.3) is 0 Å². The Balaban J connectivity index is -0.000000196. The van der Waals surface area contributed by atoms with Crippen LogP contribution in [0.15, 0.2) is 0 Å². The molecule has 0 atom stereocenters. The van der Waals surface area contributed by atoms with Gasteiger partial charge in [-0.05, 0) is 6.42 Å². The fourth-order valence-corrected chi connectivity index (χ4v) is 0.526. The summed E-state index contributed by atoms with van der Waals surface area (Å²) in [6, 6.07) is 0. The summed E-state index contributed by atoms with van der Waals surface area (Å²) in [6.07, 6.45) is 3.28. The van der Waals surface area contributed by atoms with Crippen LogP contribution in [0.2, 0.25) is 0 Å². The van der Waals surface area contributed by atoms with Crippen molar-refractivity contribution < 1.29 is 29.4 Å². The zero-order chi connectivity index (χ0) is 8.41. The normalized spacial score (nSPS) is 7.18. The van der Waals surface area contributed by atoms with Crippen LogP contribution < -0.4 is 0 Å². The Morgan fingerprint density at radius 1 is 1.36 bits per heavy atom. The van der Waals surface area contributed by atoms with Gasteiger partial charge in [0.15, 0.2) is 0 Å². The summed E-state index contributed by atoms with van der Waals surface area (Å²) in [6.45, 7) is 7.06. The van der Waals surface area contributed by atoms with Gasteiger partial charge in [-0.3, -0.25) is 4.79 Å². The van der Waals surface area contributed by atoms with E-state index in [-0.39, 0.29) is 19.5 Å². The van der Waals surface area contributed by atoms with E-state index in [4.69, 9.17) is 5.11 Å².